The quantitative estimate of drug-likeness (QED) is 0.577. The van der Waals surface area contributed by atoms with E-state index < -0.39 is 0 Å². The lowest BCUT2D eigenvalue weighted by Crippen LogP contribution is -2.45. The Bertz CT molecular complexity index is 561. The van der Waals surface area contributed by atoms with Crippen LogP contribution in [0.25, 0.3) is 0 Å². The smallest absolute Gasteiger partial charge is 0.191 e. The van der Waals surface area contributed by atoms with Crippen molar-refractivity contribution in [1.29, 1.82) is 0 Å². The summed E-state index contributed by atoms with van der Waals surface area (Å²) < 4.78 is 2.00. The van der Waals surface area contributed by atoms with E-state index in [1.165, 1.54) is 32.2 Å². The molecule has 0 amide bonds. The fraction of sp³-hybridized carbons (Fsp3) is 0.824. The third kappa shape index (κ3) is 4.47. The predicted octanol–water partition coefficient (Wildman–Crippen LogP) is 1.05. The third-order valence-electron chi connectivity index (χ3n) is 5.23. The lowest BCUT2D eigenvalue weighted by molar-refractivity contribution is 0.267. The Kier molecular flexibility index (Phi) is 5.71. The first-order chi connectivity index (χ1) is 11.7. The summed E-state index contributed by atoms with van der Waals surface area (Å²) in [6, 6.07) is 0.625. The van der Waals surface area contributed by atoms with Crippen LogP contribution in [0.1, 0.15) is 44.3 Å². The van der Waals surface area contributed by atoms with E-state index in [1.54, 1.807) is 0 Å². The van der Waals surface area contributed by atoms with E-state index in [-0.39, 0.29) is 0 Å². The molecule has 3 rings (SSSR count). The van der Waals surface area contributed by atoms with Gasteiger partial charge in [0.2, 0.25) is 0 Å². The summed E-state index contributed by atoms with van der Waals surface area (Å²) in [5, 5.41) is 15.3. The van der Waals surface area contributed by atoms with Crippen molar-refractivity contribution in [2.24, 2.45) is 18.0 Å². The number of likely N-dealkylation sites (tertiary alicyclic amines) is 1. The number of aliphatic imine (C=N–C) groups is 1. The number of hydrogen-bond donors (Lipinski definition) is 2. The summed E-state index contributed by atoms with van der Waals surface area (Å²) in [5.74, 6) is 3.56. The van der Waals surface area contributed by atoms with Gasteiger partial charge >= 0.3 is 0 Å². The summed E-state index contributed by atoms with van der Waals surface area (Å²) in [7, 11) is 1.99. The molecule has 1 aliphatic carbocycles. The number of nitrogens with zero attached hydrogens (tertiary/aromatic N) is 5. The van der Waals surface area contributed by atoms with Gasteiger partial charge in [0, 0.05) is 26.2 Å². The predicted molar refractivity (Wildman–Crippen MR) is 95.9 cm³/mol. The Morgan fingerprint density at radius 2 is 2.00 bits per heavy atom. The molecule has 1 saturated heterocycles. The monoisotopic (exact) mass is 333 g/mol. The molecule has 1 atom stereocenters. The van der Waals surface area contributed by atoms with Crippen molar-refractivity contribution in [2.75, 3.05) is 26.2 Å². The van der Waals surface area contributed by atoms with Crippen molar-refractivity contribution < 1.29 is 0 Å². The molecular formula is C17H31N7. The molecule has 1 saturated carbocycles. The minimum atomic E-state index is 0.555. The first kappa shape index (κ1) is 17.2. The minimum absolute atomic E-state index is 0.555. The number of nitrogens with one attached hydrogen (secondary N) is 2. The van der Waals surface area contributed by atoms with E-state index in [0.29, 0.717) is 12.6 Å². The van der Waals surface area contributed by atoms with Crippen molar-refractivity contribution >= 4 is 5.96 Å². The van der Waals surface area contributed by atoms with Gasteiger partial charge in [-0.1, -0.05) is 6.92 Å². The Balaban J connectivity index is 1.57. The second-order valence-corrected chi connectivity index (χ2v) is 7.02. The average molecular weight is 333 g/mol. The number of hydrogen-bond acceptors (Lipinski definition) is 4. The molecule has 1 aromatic rings. The van der Waals surface area contributed by atoms with Crippen LogP contribution in [0.3, 0.4) is 0 Å². The van der Waals surface area contributed by atoms with Gasteiger partial charge in [0.25, 0.3) is 0 Å². The lowest BCUT2D eigenvalue weighted by Gasteiger charge is -2.24. The fourth-order valence-electron chi connectivity index (χ4n) is 3.23. The normalized spacial score (nSPS) is 22.1. The van der Waals surface area contributed by atoms with Crippen LogP contribution in [0.2, 0.25) is 0 Å². The fourth-order valence-corrected chi connectivity index (χ4v) is 3.23. The summed E-state index contributed by atoms with van der Waals surface area (Å²) in [5.41, 5.74) is 0. The molecule has 1 aromatic heterocycles. The van der Waals surface area contributed by atoms with E-state index in [0.717, 1.165) is 43.2 Å². The topological polar surface area (TPSA) is 70.4 Å². The average Bonchev–Trinajstić information content (AvgIpc) is 3.22. The van der Waals surface area contributed by atoms with E-state index in [9.17, 15) is 0 Å². The van der Waals surface area contributed by atoms with Crippen molar-refractivity contribution in [3.8, 4) is 0 Å². The highest BCUT2D eigenvalue weighted by Crippen LogP contribution is 2.27. The van der Waals surface area contributed by atoms with E-state index in [4.69, 9.17) is 4.99 Å². The molecule has 0 aromatic carbocycles. The molecule has 7 heteroatoms. The Morgan fingerprint density at radius 3 is 2.67 bits per heavy atom. The minimum Gasteiger partial charge on any atom is -0.356 e. The molecule has 2 aliphatic rings. The van der Waals surface area contributed by atoms with Crippen LogP contribution < -0.4 is 10.6 Å². The van der Waals surface area contributed by atoms with Crippen LogP contribution in [0.5, 0.6) is 0 Å². The number of guanidine groups is 1. The van der Waals surface area contributed by atoms with Crippen molar-refractivity contribution in [3.05, 3.63) is 11.6 Å². The number of aryl methyl sites for hydroxylation is 1. The molecule has 0 bridgehead atoms. The van der Waals surface area contributed by atoms with Gasteiger partial charge in [-0.05, 0) is 51.6 Å². The first-order valence-electron chi connectivity index (χ1n) is 9.28. The molecule has 2 N–H and O–H groups in total. The van der Waals surface area contributed by atoms with Crippen LogP contribution >= 0.6 is 0 Å². The lowest BCUT2D eigenvalue weighted by atomic mass is 10.2. The van der Waals surface area contributed by atoms with E-state index in [1.807, 2.05) is 18.5 Å². The van der Waals surface area contributed by atoms with E-state index >= 15 is 0 Å². The van der Waals surface area contributed by atoms with Gasteiger partial charge in [0.15, 0.2) is 11.8 Å². The Labute approximate surface area is 144 Å². The number of likely N-dealkylation sites (N-methyl/N-ethyl adjacent to an activating group) is 1. The first-order valence-corrected chi connectivity index (χ1v) is 9.28. The number of aromatic nitrogens is 3. The van der Waals surface area contributed by atoms with Crippen LogP contribution in [-0.4, -0.2) is 57.8 Å². The zero-order valence-corrected chi connectivity index (χ0v) is 15.3. The van der Waals surface area contributed by atoms with Gasteiger partial charge in [-0.25, -0.2) is 4.99 Å². The summed E-state index contributed by atoms with van der Waals surface area (Å²) in [4.78, 5) is 7.29. The summed E-state index contributed by atoms with van der Waals surface area (Å²) in [6.07, 6.45) is 5.27. The van der Waals surface area contributed by atoms with Crippen LogP contribution in [-0.2, 0) is 13.6 Å². The maximum atomic E-state index is 4.73. The van der Waals surface area contributed by atoms with Gasteiger partial charge in [-0.3, -0.25) is 4.90 Å². The van der Waals surface area contributed by atoms with Crippen LogP contribution in [0.4, 0.5) is 0 Å². The van der Waals surface area contributed by atoms with Gasteiger partial charge < -0.3 is 15.2 Å². The second kappa shape index (κ2) is 7.96. The molecule has 1 aliphatic heterocycles. The zero-order chi connectivity index (χ0) is 16.9. The van der Waals surface area contributed by atoms with Gasteiger partial charge in [0.1, 0.15) is 12.4 Å². The highest BCUT2D eigenvalue weighted by molar-refractivity contribution is 5.79. The highest BCUT2D eigenvalue weighted by atomic mass is 15.3. The molecular weight excluding hydrogens is 302 g/mol. The van der Waals surface area contributed by atoms with Crippen LogP contribution in [0, 0.1) is 12.8 Å². The maximum Gasteiger partial charge on any atom is 0.191 e. The van der Waals surface area contributed by atoms with Gasteiger partial charge in [-0.2, -0.15) is 0 Å². The largest absolute Gasteiger partial charge is 0.356 e. The second-order valence-electron chi connectivity index (χ2n) is 7.02. The zero-order valence-electron chi connectivity index (χ0n) is 15.3. The molecule has 7 nitrogen and oxygen atoms in total. The molecule has 0 radical (unpaired) electrons. The molecule has 24 heavy (non-hydrogen) atoms. The molecule has 0 spiro atoms. The Morgan fingerprint density at radius 1 is 1.21 bits per heavy atom. The van der Waals surface area contributed by atoms with Gasteiger partial charge in [0.05, 0.1) is 0 Å². The van der Waals surface area contributed by atoms with Crippen molar-refractivity contribution in [2.45, 2.75) is 52.1 Å². The third-order valence-corrected chi connectivity index (χ3v) is 5.23. The number of rotatable bonds is 7. The van der Waals surface area contributed by atoms with E-state index in [2.05, 4.69) is 32.7 Å². The van der Waals surface area contributed by atoms with Crippen molar-refractivity contribution in [3.63, 3.8) is 0 Å². The van der Waals surface area contributed by atoms with Crippen LogP contribution in [0.15, 0.2) is 4.99 Å². The Hall–Kier alpha value is -1.63. The molecule has 2 fully saturated rings. The standard InChI is InChI=1S/C17H31N7/c1-4-24-9-5-6-15(24)11-19-17(18-10-14-7-8-14)20-12-16-22-21-13(2)23(16)3/h14-15H,4-12H2,1-3H3,(H2,18,19,20). The van der Waals surface area contributed by atoms with Gasteiger partial charge in [-0.15, -0.1) is 10.2 Å². The maximum absolute atomic E-state index is 4.73. The molecule has 1 unspecified atom stereocenters. The molecule has 134 valence electrons. The summed E-state index contributed by atoms with van der Waals surface area (Å²) >= 11 is 0. The highest BCUT2D eigenvalue weighted by Gasteiger charge is 2.24. The summed E-state index contributed by atoms with van der Waals surface area (Å²) in [6.45, 7) is 9.10. The van der Waals surface area contributed by atoms with Crippen molar-refractivity contribution in [1.82, 2.24) is 30.3 Å². The molecule has 2 heterocycles. The SMILES string of the molecule is CCN1CCCC1CNC(=NCc1nnc(C)n1C)NCC1CC1.